The second-order valence-corrected chi connectivity index (χ2v) is 2.89. The summed E-state index contributed by atoms with van der Waals surface area (Å²) in [7, 11) is 0. The molecule has 0 spiro atoms. The molecule has 0 aliphatic carbocycles. The molecule has 1 rings (SSSR count). The molecule has 2 N–H and O–H groups in total. The predicted molar refractivity (Wildman–Crippen MR) is 55.3 cm³/mol. The minimum Gasteiger partial charge on any atom is -0.324 e. The Morgan fingerprint density at radius 3 is 2.33 bits per heavy atom. The summed E-state index contributed by atoms with van der Waals surface area (Å²) in [6.07, 6.45) is 1.62. The summed E-state index contributed by atoms with van der Waals surface area (Å²) in [6, 6.07) is 0.689. The molecule has 1 nitrogen and oxygen atoms in total. The highest BCUT2D eigenvalue weighted by Gasteiger charge is 2.18. The van der Waals surface area contributed by atoms with E-state index in [0.717, 1.165) is 12.1 Å². The van der Waals surface area contributed by atoms with Gasteiger partial charge in [0.1, 0.15) is 5.82 Å². The fraction of sp³-hybridized carbons (Fsp3) is 0.200. The molecule has 0 aliphatic heterocycles. The Morgan fingerprint density at radius 1 is 1.27 bits per heavy atom. The maximum atomic E-state index is 13.1. The maximum Gasteiger partial charge on any atom is 0.166 e. The molecule has 0 saturated carbocycles. The molecule has 0 amide bonds. The van der Waals surface area contributed by atoms with Crippen LogP contribution in [-0.4, -0.2) is 0 Å². The second-order valence-electron chi connectivity index (χ2n) is 2.89. The molecule has 0 aliphatic rings. The van der Waals surface area contributed by atoms with E-state index in [-0.39, 0.29) is 18.8 Å². The number of benzene rings is 1. The van der Waals surface area contributed by atoms with E-state index in [2.05, 4.69) is 6.58 Å². The average molecular weight is 238 g/mol. The van der Waals surface area contributed by atoms with Crippen LogP contribution in [-0.2, 0) is 0 Å². The lowest BCUT2D eigenvalue weighted by Gasteiger charge is -2.11. The second kappa shape index (κ2) is 5.78. The summed E-state index contributed by atoms with van der Waals surface area (Å²) < 4.78 is 38.9. The van der Waals surface area contributed by atoms with Gasteiger partial charge in [-0.15, -0.1) is 19.0 Å². The number of halogens is 4. The summed E-state index contributed by atoms with van der Waals surface area (Å²) in [5.41, 5.74) is 5.03. The molecule has 5 heteroatoms. The van der Waals surface area contributed by atoms with Crippen LogP contribution in [0.25, 0.3) is 0 Å². The van der Waals surface area contributed by atoms with E-state index in [9.17, 15) is 13.2 Å². The molecule has 0 unspecified atom stereocenters. The zero-order valence-corrected chi connectivity index (χ0v) is 8.66. The van der Waals surface area contributed by atoms with Crippen LogP contribution in [0, 0.1) is 17.5 Å². The van der Waals surface area contributed by atoms with E-state index >= 15 is 0 Å². The van der Waals surface area contributed by atoms with Crippen LogP contribution in [0.5, 0.6) is 0 Å². The molecule has 1 aromatic rings. The van der Waals surface area contributed by atoms with Crippen LogP contribution in [0.2, 0.25) is 0 Å². The number of nitrogens with two attached hydrogens (primary N) is 1. The summed E-state index contributed by atoms with van der Waals surface area (Å²) in [5.74, 6) is -3.15. The third-order valence-electron chi connectivity index (χ3n) is 1.87. The largest absolute Gasteiger partial charge is 0.324 e. The normalized spacial score (nSPS) is 11.7. The molecule has 0 heterocycles. The smallest absolute Gasteiger partial charge is 0.166 e. The van der Waals surface area contributed by atoms with E-state index in [0.29, 0.717) is 0 Å². The monoisotopic (exact) mass is 237 g/mol. The van der Waals surface area contributed by atoms with Gasteiger partial charge in [0.05, 0.1) is 0 Å². The molecule has 0 fully saturated rings. The fourth-order valence-electron chi connectivity index (χ4n) is 1.18. The first-order valence-corrected chi connectivity index (χ1v) is 4.07. The van der Waals surface area contributed by atoms with Gasteiger partial charge in [0, 0.05) is 11.6 Å². The van der Waals surface area contributed by atoms with Gasteiger partial charge in [0.15, 0.2) is 11.6 Å². The van der Waals surface area contributed by atoms with E-state index in [1.165, 1.54) is 6.08 Å². The highest BCUT2D eigenvalue weighted by atomic mass is 35.5. The van der Waals surface area contributed by atoms with Crippen LogP contribution in [0.1, 0.15) is 18.0 Å². The Morgan fingerprint density at radius 2 is 1.80 bits per heavy atom. The van der Waals surface area contributed by atoms with E-state index < -0.39 is 29.1 Å². The molecule has 0 aromatic heterocycles. The van der Waals surface area contributed by atoms with Gasteiger partial charge in [-0.05, 0) is 18.6 Å². The molecule has 0 radical (unpaired) electrons. The van der Waals surface area contributed by atoms with E-state index in [1.807, 2.05) is 0 Å². The van der Waals surface area contributed by atoms with E-state index in [4.69, 9.17) is 5.73 Å². The number of hydrogen-bond acceptors (Lipinski definition) is 1. The summed E-state index contributed by atoms with van der Waals surface area (Å²) >= 11 is 0. The van der Waals surface area contributed by atoms with Gasteiger partial charge in [0.25, 0.3) is 0 Å². The van der Waals surface area contributed by atoms with Crippen molar-refractivity contribution in [2.24, 2.45) is 5.73 Å². The lowest BCUT2D eigenvalue weighted by molar-refractivity contribution is 0.465. The van der Waals surface area contributed by atoms with Gasteiger partial charge in [-0.3, -0.25) is 0 Å². The van der Waals surface area contributed by atoms with Crippen molar-refractivity contribution >= 4 is 12.4 Å². The predicted octanol–water partition coefficient (Wildman–Crippen LogP) is 3.10. The van der Waals surface area contributed by atoms with Gasteiger partial charge < -0.3 is 5.73 Å². The van der Waals surface area contributed by atoms with Crippen molar-refractivity contribution in [1.29, 1.82) is 0 Å². The molecule has 1 aromatic carbocycles. The Labute approximate surface area is 92.2 Å². The van der Waals surface area contributed by atoms with Gasteiger partial charge in [-0.25, -0.2) is 13.2 Å². The molecule has 1 atom stereocenters. The van der Waals surface area contributed by atoms with E-state index in [1.54, 1.807) is 0 Å². The first-order chi connectivity index (χ1) is 6.57. The fourth-order valence-corrected chi connectivity index (χ4v) is 1.18. The van der Waals surface area contributed by atoms with Crippen molar-refractivity contribution < 1.29 is 13.2 Å². The average Bonchev–Trinajstić information content (AvgIpc) is 2.13. The maximum absolute atomic E-state index is 13.1. The number of hydrogen-bond donors (Lipinski definition) is 1. The quantitative estimate of drug-likeness (QED) is 0.635. The summed E-state index contributed by atoms with van der Waals surface area (Å²) in [5, 5.41) is 0. The minimum absolute atomic E-state index is 0. The summed E-state index contributed by atoms with van der Waals surface area (Å²) in [6.45, 7) is 3.39. The third-order valence-corrected chi connectivity index (χ3v) is 1.87. The molecule has 84 valence electrons. The SMILES string of the molecule is C=CC[C@H](N)c1c(F)ccc(F)c1F.Cl. The molecular formula is C10H11ClF3N. The first kappa shape index (κ1) is 14.0. The summed E-state index contributed by atoms with van der Waals surface area (Å²) in [4.78, 5) is 0. The molecule has 15 heavy (non-hydrogen) atoms. The van der Waals surface area contributed by atoms with Crippen LogP contribution in [0.15, 0.2) is 24.8 Å². The minimum atomic E-state index is -1.22. The van der Waals surface area contributed by atoms with Gasteiger partial charge in [-0.2, -0.15) is 0 Å². The van der Waals surface area contributed by atoms with Crippen molar-refractivity contribution in [2.75, 3.05) is 0 Å². The molecular weight excluding hydrogens is 227 g/mol. The van der Waals surface area contributed by atoms with Crippen LogP contribution in [0.4, 0.5) is 13.2 Å². The van der Waals surface area contributed by atoms with Gasteiger partial charge in [0.2, 0.25) is 0 Å². The zero-order chi connectivity index (χ0) is 10.7. The lowest BCUT2D eigenvalue weighted by atomic mass is 10.0. The Hall–Kier alpha value is -1.00. The van der Waals surface area contributed by atoms with Crippen molar-refractivity contribution in [2.45, 2.75) is 12.5 Å². The number of rotatable bonds is 3. The van der Waals surface area contributed by atoms with Crippen LogP contribution in [0.3, 0.4) is 0 Å². The van der Waals surface area contributed by atoms with Crippen LogP contribution >= 0.6 is 12.4 Å². The van der Waals surface area contributed by atoms with Gasteiger partial charge >= 0.3 is 0 Å². The van der Waals surface area contributed by atoms with Crippen molar-refractivity contribution in [3.05, 3.63) is 47.8 Å². The van der Waals surface area contributed by atoms with Gasteiger partial charge in [-0.1, -0.05) is 6.08 Å². The topological polar surface area (TPSA) is 26.0 Å². The zero-order valence-electron chi connectivity index (χ0n) is 7.84. The van der Waals surface area contributed by atoms with Crippen LogP contribution < -0.4 is 5.73 Å². The Balaban J connectivity index is 0.00000196. The third kappa shape index (κ3) is 2.97. The van der Waals surface area contributed by atoms with Crippen molar-refractivity contribution in [3.63, 3.8) is 0 Å². The molecule has 0 saturated heterocycles. The Kier molecular flexibility index (Phi) is 5.39. The van der Waals surface area contributed by atoms with Crippen molar-refractivity contribution in [1.82, 2.24) is 0 Å². The highest BCUT2D eigenvalue weighted by molar-refractivity contribution is 5.85. The lowest BCUT2D eigenvalue weighted by Crippen LogP contribution is -2.14. The van der Waals surface area contributed by atoms with Crippen molar-refractivity contribution in [3.8, 4) is 0 Å². The standard InChI is InChI=1S/C10H10F3N.ClH/c1-2-3-8(14)9-6(11)4-5-7(12)10(9)13;/h2,4-5,8H,1,3,14H2;1H/t8-;/m0./s1. The first-order valence-electron chi connectivity index (χ1n) is 4.07. The Bertz CT molecular complexity index is 355. The highest BCUT2D eigenvalue weighted by Crippen LogP contribution is 2.23. The molecule has 0 bridgehead atoms.